The highest BCUT2D eigenvalue weighted by atomic mass is 19.4. The summed E-state index contributed by atoms with van der Waals surface area (Å²) in [5.74, 6) is -1.11. The zero-order valence-electron chi connectivity index (χ0n) is 27.0. The van der Waals surface area contributed by atoms with Crippen molar-refractivity contribution in [3.05, 3.63) is 77.6 Å². The van der Waals surface area contributed by atoms with Gasteiger partial charge in [-0.1, -0.05) is 24.3 Å². The van der Waals surface area contributed by atoms with Gasteiger partial charge in [0.15, 0.2) is 0 Å². The highest BCUT2D eigenvalue weighted by Gasteiger charge is 2.46. The average Bonchev–Trinajstić information content (AvgIpc) is 3.69. The number of nitrogens with one attached hydrogen (secondary N) is 1. The Morgan fingerprint density at radius 1 is 1.08 bits per heavy atom. The second-order valence-corrected chi connectivity index (χ2v) is 12.5. The molecule has 15 heteroatoms. The second-order valence-electron chi connectivity index (χ2n) is 12.5. The van der Waals surface area contributed by atoms with Crippen molar-refractivity contribution in [3.63, 3.8) is 0 Å². The Bertz CT molecular complexity index is 1860. The van der Waals surface area contributed by atoms with Crippen LogP contribution in [0.15, 0.2) is 60.8 Å². The molecule has 0 saturated carbocycles. The lowest BCUT2D eigenvalue weighted by Crippen LogP contribution is -2.41. The van der Waals surface area contributed by atoms with E-state index in [1.807, 2.05) is 4.90 Å². The van der Waals surface area contributed by atoms with E-state index in [-0.39, 0.29) is 46.1 Å². The van der Waals surface area contributed by atoms with Crippen molar-refractivity contribution in [1.82, 2.24) is 25.1 Å². The van der Waals surface area contributed by atoms with E-state index in [2.05, 4.69) is 20.4 Å². The number of ether oxygens (including phenoxy) is 2. The predicted octanol–water partition coefficient (Wildman–Crippen LogP) is 4.51. The van der Waals surface area contributed by atoms with Gasteiger partial charge in [-0.25, -0.2) is 4.68 Å². The predicted molar refractivity (Wildman–Crippen MR) is 175 cm³/mol. The third-order valence-corrected chi connectivity index (χ3v) is 9.08. The summed E-state index contributed by atoms with van der Waals surface area (Å²) < 4.78 is 56.8. The number of piperidine rings is 1. The number of nitrogens with zero attached hydrogens (tertiary/aromatic N) is 5. The molecular formula is C34H37F3N8O4. The van der Waals surface area contributed by atoms with Crippen molar-refractivity contribution in [3.8, 4) is 22.7 Å². The van der Waals surface area contributed by atoms with Gasteiger partial charge in [0, 0.05) is 43.0 Å². The number of amides is 1. The first kappa shape index (κ1) is 33.7. The Hall–Kier alpha value is -5.18. The molecule has 6 rings (SSSR count). The van der Waals surface area contributed by atoms with Gasteiger partial charge in [0.25, 0.3) is 0 Å². The Balaban J connectivity index is 1.28. The molecule has 0 bridgehead atoms. The molecule has 1 spiro atoms. The lowest BCUT2D eigenvalue weighted by molar-refractivity contribution is -0.198. The Labute approximate surface area is 280 Å². The van der Waals surface area contributed by atoms with Gasteiger partial charge in [-0.05, 0) is 73.9 Å². The number of hydrogen-bond acceptors (Lipinski definition) is 10. The number of primary amides is 1. The number of carbonyl (C=O) groups is 2. The summed E-state index contributed by atoms with van der Waals surface area (Å²) >= 11 is 0. The first-order valence-corrected chi connectivity index (χ1v) is 15.9. The molecule has 0 aliphatic carbocycles. The smallest absolute Gasteiger partial charge is 0.429 e. The molecule has 2 aromatic heterocycles. The molecule has 0 radical (unpaired) electrons. The van der Waals surface area contributed by atoms with Gasteiger partial charge in [-0.3, -0.25) is 9.59 Å². The Morgan fingerprint density at radius 2 is 1.84 bits per heavy atom. The number of anilines is 2. The van der Waals surface area contributed by atoms with Crippen molar-refractivity contribution < 1.29 is 32.2 Å². The van der Waals surface area contributed by atoms with Gasteiger partial charge in [0.1, 0.15) is 11.9 Å². The third-order valence-electron chi connectivity index (χ3n) is 9.08. The number of hydrogen-bond donors (Lipinski definition) is 3. The van der Waals surface area contributed by atoms with Gasteiger partial charge in [-0.2, -0.15) is 28.2 Å². The van der Waals surface area contributed by atoms with E-state index in [4.69, 9.17) is 20.9 Å². The fraction of sp³-hybridized carbons (Fsp3) is 0.382. The molecule has 1 amide bonds. The molecule has 4 heterocycles. The Kier molecular flexibility index (Phi) is 9.20. The standard InChI is InChI=1S/C34H37F3N8O4/c1-3-48-31(47)25-18-33(19-40-25)10-13-44(14-11-33)27-17-28(42-32(39)41-27)49-29(34(35,36)37)24-8-7-22(16-26(24)45-12-9-20(2)43-45)21-5-4-6-23(15-21)30(38)46/h4-9,12,15-17,25,29,40H,3,10-11,13-14,18-19H2,1-2H3,(H2,38,46)(H2,39,41,42)/t25-,29+/m0/s1. The zero-order chi connectivity index (χ0) is 34.9. The summed E-state index contributed by atoms with van der Waals surface area (Å²) in [5, 5.41) is 7.65. The van der Waals surface area contributed by atoms with Crippen LogP contribution in [-0.2, 0) is 9.53 Å². The first-order chi connectivity index (χ1) is 23.3. The quantitative estimate of drug-likeness (QED) is 0.215. The van der Waals surface area contributed by atoms with Crippen LogP contribution in [0.25, 0.3) is 16.8 Å². The maximum Gasteiger partial charge on any atom is 0.429 e. The number of nitrogens with two attached hydrogens (primary N) is 2. The summed E-state index contributed by atoms with van der Waals surface area (Å²) in [7, 11) is 0. The lowest BCUT2D eigenvalue weighted by Gasteiger charge is -2.39. The minimum Gasteiger partial charge on any atom is -0.465 e. The van der Waals surface area contributed by atoms with Crippen LogP contribution in [0.2, 0.25) is 0 Å². The molecular weight excluding hydrogens is 641 g/mol. The maximum absolute atomic E-state index is 14.9. The average molecular weight is 679 g/mol. The molecule has 2 saturated heterocycles. The fourth-order valence-corrected chi connectivity index (χ4v) is 6.54. The van der Waals surface area contributed by atoms with Crippen molar-refractivity contribution >= 4 is 23.6 Å². The molecule has 2 aliphatic rings. The molecule has 4 aromatic rings. The summed E-state index contributed by atoms with van der Waals surface area (Å²) in [6.45, 7) is 5.59. The molecule has 2 aromatic carbocycles. The maximum atomic E-state index is 14.9. The van der Waals surface area contributed by atoms with Crippen LogP contribution in [0.1, 0.15) is 53.9 Å². The van der Waals surface area contributed by atoms with E-state index < -0.39 is 18.2 Å². The van der Waals surface area contributed by atoms with E-state index >= 15 is 0 Å². The molecule has 5 N–H and O–H groups in total. The molecule has 2 aliphatic heterocycles. The second kappa shape index (κ2) is 13.4. The van der Waals surface area contributed by atoms with Crippen molar-refractivity contribution in [1.29, 1.82) is 0 Å². The number of rotatable bonds is 9. The van der Waals surface area contributed by atoms with Crippen molar-refractivity contribution in [2.75, 3.05) is 36.9 Å². The molecule has 0 unspecified atom stereocenters. The SMILES string of the molecule is CCOC(=O)[C@@H]1CC2(CCN(c3cc(O[C@H](c4ccc(-c5cccc(C(N)=O)c5)cc4-n4ccc(C)n4)C(F)(F)F)nc(N)n3)CC2)CN1. The number of benzene rings is 2. The summed E-state index contributed by atoms with van der Waals surface area (Å²) in [6, 6.07) is 13.6. The molecule has 2 atom stereocenters. The van der Waals surface area contributed by atoms with Crippen LogP contribution >= 0.6 is 0 Å². The summed E-state index contributed by atoms with van der Waals surface area (Å²) in [6.07, 6.45) is -3.63. The monoisotopic (exact) mass is 678 g/mol. The fourth-order valence-electron chi connectivity index (χ4n) is 6.54. The topological polar surface area (TPSA) is 164 Å². The number of aromatic nitrogens is 4. The lowest BCUT2D eigenvalue weighted by atomic mass is 9.76. The number of aryl methyl sites for hydroxylation is 1. The van der Waals surface area contributed by atoms with E-state index in [0.717, 1.165) is 12.8 Å². The van der Waals surface area contributed by atoms with E-state index in [0.29, 0.717) is 55.3 Å². The first-order valence-electron chi connectivity index (χ1n) is 15.9. The van der Waals surface area contributed by atoms with Crippen LogP contribution < -0.4 is 26.4 Å². The number of alkyl halides is 3. The summed E-state index contributed by atoms with van der Waals surface area (Å²) in [5.41, 5.74) is 13.2. The van der Waals surface area contributed by atoms with Crippen LogP contribution in [-0.4, -0.2) is 70.1 Å². The third kappa shape index (κ3) is 7.31. The van der Waals surface area contributed by atoms with Gasteiger partial charge in [0.2, 0.25) is 23.8 Å². The number of nitrogen functional groups attached to an aromatic ring is 1. The van der Waals surface area contributed by atoms with Crippen molar-refractivity contribution in [2.24, 2.45) is 11.1 Å². The van der Waals surface area contributed by atoms with E-state index in [1.54, 1.807) is 56.4 Å². The van der Waals surface area contributed by atoms with Crippen molar-refractivity contribution in [2.45, 2.75) is 51.4 Å². The minimum atomic E-state index is -4.87. The van der Waals surface area contributed by atoms with Gasteiger partial charge < -0.3 is 31.2 Å². The highest BCUT2D eigenvalue weighted by Crippen LogP contribution is 2.43. The van der Waals surface area contributed by atoms with Gasteiger partial charge in [0.05, 0.1) is 18.0 Å². The molecule has 258 valence electrons. The number of halogens is 3. The Morgan fingerprint density at radius 3 is 2.51 bits per heavy atom. The van der Waals surface area contributed by atoms with E-state index in [9.17, 15) is 22.8 Å². The minimum absolute atomic E-state index is 0.0954. The number of carbonyl (C=O) groups excluding carboxylic acids is 2. The van der Waals surface area contributed by atoms with E-state index in [1.165, 1.54) is 22.9 Å². The number of esters is 1. The zero-order valence-corrected chi connectivity index (χ0v) is 27.0. The van der Waals surface area contributed by atoms with Crippen LogP contribution in [0, 0.1) is 12.3 Å². The molecule has 49 heavy (non-hydrogen) atoms. The normalized spacial score (nSPS) is 18.0. The van der Waals surface area contributed by atoms with Crippen LogP contribution in [0.5, 0.6) is 5.88 Å². The largest absolute Gasteiger partial charge is 0.465 e. The van der Waals surface area contributed by atoms with Gasteiger partial charge in [-0.15, -0.1) is 0 Å². The summed E-state index contributed by atoms with van der Waals surface area (Å²) in [4.78, 5) is 34.3. The van der Waals surface area contributed by atoms with Crippen LogP contribution in [0.3, 0.4) is 0 Å². The molecule has 2 fully saturated rings. The van der Waals surface area contributed by atoms with Crippen LogP contribution in [0.4, 0.5) is 24.9 Å². The van der Waals surface area contributed by atoms with Gasteiger partial charge >= 0.3 is 12.1 Å². The highest BCUT2D eigenvalue weighted by molar-refractivity contribution is 5.94. The molecule has 12 nitrogen and oxygen atoms in total.